The molecule has 0 saturated carbocycles. The summed E-state index contributed by atoms with van der Waals surface area (Å²) in [6.45, 7) is 5.18. The van der Waals surface area contributed by atoms with Gasteiger partial charge in [-0.25, -0.2) is 0 Å². The minimum Gasteiger partial charge on any atom is -0.339 e. The van der Waals surface area contributed by atoms with Gasteiger partial charge in [0, 0.05) is 17.6 Å². The second-order valence-corrected chi connectivity index (χ2v) is 5.63. The molecule has 0 radical (unpaired) electrons. The Kier molecular flexibility index (Phi) is 3.54. The van der Waals surface area contributed by atoms with E-state index in [1.54, 1.807) is 0 Å². The third-order valence-electron chi connectivity index (χ3n) is 3.85. The van der Waals surface area contributed by atoms with Gasteiger partial charge in [0.2, 0.25) is 0 Å². The maximum atomic E-state index is 6.37. The van der Waals surface area contributed by atoms with Gasteiger partial charge in [0.1, 0.15) is 0 Å². The van der Waals surface area contributed by atoms with Crippen LogP contribution in [0.5, 0.6) is 0 Å². The average Bonchev–Trinajstić information content (AvgIpc) is 2.77. The predicted molar refractivity (Wildman–Crippen MR) is 86.6 cm³/mol. The zero-order valence-corrected chi connectivity index (χ0v) is 12.6. The summed E-state index contributed by atoms with van der Waals surface area (Å²) in [5.74, 6) is 0. The van der Waals surface area contributed by atoms with Crippen molar-refractivity contribution in [2.75, 3.05) is 0 Å². The van der Waals surface area contributed by atoms with Crippen molar-refractivity contribution in [1.82, 2.24) is 4.57 Å². The number of nitrogens with zero attached hydrogens (tertiary/aromatic N) is 1. The van der Waals surface area contributed by atoms with E-state index in [-0.39, 0.29) is 0 Å². The van der Waals surface area contributed by atoms with Gasteiger partial charge in [0.05, 0.1) is 10.5 Å². The van der Waals surface area contributed by atoms with Crippen LogP contribution in [0.25, 0.3) is 10.9 Å². The van der Waals surface area contributed by atoms with Gasteiger partial charge in [-0.05, 0) is 36.6 Å². The highest BCUT2D eigenvalue weighted by molar-refractivity contribution is 6.35. The Balaban J connectivity index is 2.03. The van der Waals surface area contributed by atoms with Crippen LogP contribution in [0.4, 0.5) is 0 Å². The van der Waals surface area contributed by atoms with Crippen LogP contribution in [0.15, 0.2) is 48.5 Å². The van der Waals surface area contributed by atoms with Gasteiger partial charge in [-0.15, -0.1) is 0 Å². The van der Waals surface area contributed by atoms with Crippen LogP contribution >= 0.6 is 11.6 Å². The lowest BCUT2D eigenvalue weighted by Crippen LogP contribution is -2.01. The fourth-order valence-corrected chi connectivity index (χ4v) is 2.96. The molecule has 0 spiro atoms. The summed E-state index contributed by atoms with van der Waals surface area (Å²) in [4.78, 5) is 0. The second kappa shape index (κ2) is 5.34. The van der Waals surface area contributed by atoms with Crippen molar-refractivity contribution < 1.29 is 0 Å². The zero-order chi connectivity index (χ0) is 14.1. The van der Waals surface area contributed by atoms with Crippen molar-refractivity contribution in [3.05, 3.63) is 70.4 Å². The molecule has 0 aliphatic carbocycles. The van der Waals surface area contributed by atoms with Gasteiger partial charge in [0.15, 0.2) is 0 Å². The molecule has 3 aromatic rings. The maximum absolute atomic E-state index is 6.37. The Bertz CT molecular complexity index is 738. The van der Waals surface area contributed by atoms with Crippen LogP contribution in [0.3, 0.4) is 0 Å². The molecule has 1 heterocycles. The van der Waals surface area contributed by atoms with E-state index in [4.69, 9.17) is 11.6 Å². The van der Waals surface area contributed by atoms with Crippen LogP contribution in [0.2, 0.25) is 5.02 Å². The fraction of sp³-hybridized carbons (Fsp3) is 0.222. The van der Waals surface area contributed by atoms with Gasteiger partial charge >= 0.3 is 0 Å². The number of hydrogen-bond donors (Lipinski definition) is 0. The van der Waals surface area contributed by atoms with Crippen molar-refractivity contribution in [3.8, 4) is 0 Å². The van der Waals surface area contributed by atoms with E-state index in [0.717, 1.165) is 23.5 Å². The summed E-state index contributed by atoms with van der Waals surface area (Å²) < 4.78 is 2.29. The Morgan fingerprint density at radius 2 is 1.70 bits per heavy atom. The van der Waals surface area contributed by atoms with Crippen molar-refractivity contribution in [3.63, 3.8) is 0 Å². The first kappa shape index (κ1) is 13.3. The molecule has 0 saturated heterocycles. The summed E-state index contributed by atoms with van der Waals surface area (Å²) >= 11 is 6.37. The molecular formula is C18H18ClN. The first-order valence-electron chi connectivity index (χ1n) is 7.01. The van der Waals surface area contributed by atoms with Crippen molar-refractivity contribution in [1.29, 1.82) is 0 Å². The molecule has 1 nitrogen and oxygen atoms in total. The Labute approximate surface area is 124 Å². The molecule has 0 aliphatic heterocycles. The lowest BCUT2D eigenvalue weighted by molar-refractivity contribution is 0.804. The van der Waals surface area contributed by atoms with Crippen molar-refractivity contribution >= 4 is 22.5 Å². The first-order chi connectivity index (χ1) is 9.69. The number of fused-ring (bicyclic) bond motifs is 1. The molecule has 3 rings (SSSR count). The Morgan fingerprint density at radius 1 is 1.00 bits per heavy atom. The largest absolute Gasteiger partial charge is 0.339 e. The van der Waals surface area contributed by atoms with Gasteiger partial charge in [0.25, 0.3) is 0 Å². The number of para-hydroxylation sites is 1. The number of aromatic nitrogens is 1. The van der Waals surface area contributed by atoms with E-state index in [2.05, 4.69) is 54.8 Å². The molecule has 0 bridgehead atoms. The maximum Gasteiger partial charge on any atom is 0.0674 e. The number of halogens is 1. The molecule has 2 aromatic carbocycles. The van der Waals surface area contributed by atoms with Crippen LogP contribution in [0, 0.1) is 6.92 Å². The van der Waals surface area contributed by atoms with E-state index in [0.29, 0.717) is 0 Å². The molecule has 1 aromatic heterocycles. The quantitative estimate of drug-likeness (QED) is 0.621. The first-order valence-corrected chi connectivity index (χ1v) is 7.39. The SMILES string of the molecule is CCc1ccc(Cn2c(C)cc3cccc(Cl)c32)cc1. The molecule has 0 atom stereocenters. The standard InChI is InChI=1S/C18H18ClN/c1-3-14-7-9-15(10-8-14)12-20-13(2)11-16-5-4-6-17(19)18(16)20/h4-11H,3,12H2,1-2H3. The lowest BCUT2D eigenvalue weighted by Gasteiger charge is -2.10. The van der Waals surface area contributed by atoms with E-state index >= 15 is 0 Å². The number of aryl methyl sites for hydroxylation is 2. The molecule has 102 valence electrons. The van der Waals surface area contributed by atoms with Gasteiger partial charge < -0.3 is 4.57 Å². The highest BCUT2D eigenvalue weighted by Crippen LogP contribution is 2.27. The van der Waals surface area contributed by atoms with Crippen LogP contribution in [0.1, 0.15) is 23.7 Å². The minimum absolute atomic E-state index is 0.820. The van der Waals surface area contributed by atoms with Crippen LogP contribution in [-0.2, 0) is 13.0 Å². The molecular weight excluding hydrogens is 266 g/mol. The molecule has 0 fully saturated rings. The van der Waals surface area contributed by atoms with Gasteiger partial charge in [-0.2, -0.15) is 0 Å². The van der Waals surface area contributed by atoms with Crippen molar-refractivity contribution in [2.45, 2.75) is 26.8 Å². The Hall–Kier alpha value is -1.73. The molecule has 0 unspecified atom stereocenters. The van der Waals surface area contributed by atoms with Gasteiger partial charge in [-0.1, -0.05) is 54.9 Å². The third-order valence-corrected chi connectivity index (χ3v) is 4.15. The lowest BCUT2D eigenvalue weighted by atomic mass is 10.1. The van der Waals surface area contributed by atoms with E-state index < -0.39 is 0 Å². The van der Waals surface area contributed by atoms with Crippen LogP contribution in [-0.4, -0.2) is 4.57 Å². The minimum atomic E-state index is 0.820. The molecule has 2 heteroatoms. The average molecular weight is 284 g/mol. The molecule has 0 amide bonds. The summed E-state index contributed by atoms with van der Waals surface area (Å²) in [6, 6.07) is 17.1. The number of benzene rings is 2. The number of rotatable bonds is 3. The smallest absolute Gasteiger partial charge is 0.0674 e. The monoisotopic (exact) mass is 283 g/mol. The fourth-order valence-electron chi connectivity index (χ4n) is 2.68. The molecule has 20 heavy (non-hydrogen) atoms. The summed E-state index contributed by atoms with van der Waals surface area (Å²) in [6.07, 6.45) is 1.08. The van der Waals surface area contributed by atoms with Crippen molar-refractivity contribution in [2.24, 2.45) is 0 Å². The molecule has 0 N–H and O–H groups in total. The number of hydrogen-bond acceptors (Lipinski definition) is 0. The van der Waals surface area contributed by atoms with E-state index in [1.807, 2.05) is 12.1 Å². The van der Waals surface area contributed by atoms with E-state index in [9.17, 15) is 0 Å². The predicted octanol–water partition coefficient (Wildman–Crippen LogP) is 5.21. The summed E-state index contributed by atoms with van der Waals surface area (Å²) in [7, 11) is 0. The summed E-state index contributed by atoms with van der Waals surface area (Å²) in [5.41, 5.74) is 5.06. The second-order valence-electron chi connectivity index (χ2n) is 5.22. The topological polar surface area (TPSA) is 4.93 Å². The third kappa shape index (κ3) is 2.34. The normalized spacial score (nSPS) is 11.2. The highest BCUT2D eigenvalue weighted by Gasteiger charge is 2.09. The van der Waals surface area contributed by atoms with Gasteiger partial charge in [-0.3, -0.25) is 0 Å². The van der Waals surface area contributed by atoms with E-state index in [1.165, 1.54) is 22.2 Å². The summed E-state index contributed by atoms with van der Waals surface area (Å²) in [5, 5.41) is 2.03. The molecule has 0 aliphatic rings. The van der Waals surface area contributed by atoms with Crippen LogP contribution < -0.4 is 0 Å². The zero-order valence-electron chi connectivity index (χ0n) is 11.9. The Morgan fingerprint density at radius 3 is 2.40 bits per heavy atom. The highest BCUT2D eigenvalue weighted by atomic mass is 35.5.